The highest BCUT2D eigenvalue weighted by molar-refractivity contribution is 7.92. The maximum Gasteiger partial charge on any atom is 0.232 e. The number of Topliss-reactive ketones (excluding diaryl/α,β-unsaturated/α-hetero) is 1. The van der Waals surface area contributed by atoms with E-state index in [1.54, 1.807) is 23.1 Å². The SMILES string of the molecule is CCN(C(=O)CCN(c1cccc(C(C)=O)c1)S(C)(=O)=O)c1ccccc1. The number of hydrogen-bond donors (Lipinski definition) is 0. The van der Waals surface area contributed by atoms with Gasteiger partial charge in [0.1, 0.15) is 0 Å². The number of nitrogens with zero attached hydrogens (tertiary/aromatic N) is 2. The van der Waals surface area contributed by atoms with Gasteiger partial charge in [0, 0.05) is 30.8 Å². The monoisotopic (exact) mass is 388 g/mol. The van der Waals surface area contributed by atoms with Crippen LogP contribution in [0.2, 0.25) is 0 Å². The van der Waals surface area contributed by atoms with Crippen LogP contribution in [-0.2, 0) is 14.8 Å². The number of anilines is 2. The molecule has 0 atom stereocenters. The summed E-state index contributed by atoms with van der Waals surface area (Å²) in [4.78, 5) is 25.9. The number of ketones is 1. The first kappa shape index (κ1) is 20.6. The summed E-state index contributed by atoms with van der Waals surface area (Å²) in [7, 11) is -3.60. The van der Waals surface area contributed by atoms with E-state index < -0.39 is 10.0 Å². The van der Waals surface area contributed by atoms with Crippen molar-refractivity contribution < 1.29 is 18.0 Å². The summed E-state index contributed by atoms with van der Waals surface area (Å²) >= 11 is 0. The Kier molecular flexibility index (Phi) is 6.74. The van der Waals surface area contributed by atoms with Crippen LogP contribution in [-0.4, -0.2) is 39.5 Å². The molecule has 0 aliphatic rings. The second-order valence-corrected chi connectivity index (χ2v) is 8.07. The van der Waals surface area contributed by atoms with E-state index in [0.29, 0.717) is 17.8 Å². The number of carbonyl (C=O) groups is 2. The van der Waals surface area contributed by atoms with Gasteiger partial charge in [-0.05, 0) is 38.1 Å². The average Bonchev–Trinajstić information content (AvgIpc) is 2.62. The number of hydrogen-bond acceptors (Lipinski definition) is 4. The fourth-order valence-electron chi connectivity index (χ4n) is 2.81. The minimum Gasteiger partial charge on any atom is -0.313 e. The minimum absolute atomic E-state index is 0.00234. The Morgan fingerprint density at radius 3 is 2.15 bits per heavy atom. The first-order valence-electron chi connectivity index (χ1n) is 8.68. The van der Waals surface area contributed by atoms with Gasteiger partial charge in [0.05, 0.1) is 11.9 Å². The van der Waals surface area contributed by atoms with E-state index >= 15 is 0 Å². The average molecular weight is 388 g/mol. The van der Waals surface area contributed by atoms with Crippen molar-refractivity contribution in [3.8, 4) is 0 Å². The Balaban J connectivity index is 2.21. The second-order valence-electron chi connectivity index (χ2n) is 6.17. The zero-order valence-electron chi connectivity index (χ0n) is 15.8. The van der Waals surface area contributed by atoms with E-state index in [-0.39, 0.29) is 24.7 Å². The third-order valence-electron chi connectivity index (χ3n) is 4.15. The largest absolute Gasteiger partial charge is 0.313 e. The fourth-order valence-corrected chi connectivity index (χ4v) is 3.73. The molecule has 7 heteroatoms. The van der Waals surface area contributed by atoms with Crippen LogP contribution >= 0.6 is 0 Å². The quantitative estimate of drug-likeness (QED) is 0.651. The normalized spacial score (nSPS) is 11.1. The highest BCUT2D eigenvalue weighted by atomic mass is 32.2. The lowest BCUT2D eigenvalue weighted by molar-refractivity contribution is -0.118. The van der Waals surface area contributed by atoms with Gasteiger partial charge >= 0.3 is 0 Å². The zero-order valence-corrected chi connectivity index (χ0v) is 16.6. The molecule has 0 unspecified atom stereocenters. The molecule has 0 spiro atoms. The third kappa shape index (κ3) is 5.40. The zero-order chi connectivity index (χ0) is 20.0. The number of carbonyl (C=O) groups excluding carboxylic acids is 2. The maximum absolute atomic E-state index is 12.7. The molecule has 27 heavy (non-hydrogen) atoms. The summed E-state index contributed by atoms with van der Waals surface area (Å²) in [6.45, 7) is 3.78. The van der Waals surface area contributed by atoms with Crippen LogP contribution in [0.1, 0.15) is 30.6 Å². The summed E-state index contributed by atoms with van der Waals surface area (Å²) in [5.74, 6) is -0.317. The molecule has 2 aromatic carbocycles. The van der Waals surface area contributed by atoms with Gasteiger partial charge < -0.3 is 4.90 Å². The number of benzene rings is 2. The van der Waals surface area contributed by atoms with Crippen LogP contribution in [0.5, 0.6) is 0 Å². The summed E-state index contributed by atoms with van der Waals surface area (Å²) < 4.78 is 25.7. The summed E-state index contributed by atoms with van der Waals surface area (Å²) in [5.41, 5.74) is 1.57. The minimum atomic E-state index is -3.60. The molecule has 0 bridgehead atoms. The van der Waals surface area contributed by atoms with Crippen LogP contribution in [0, 0.1) is 0 Å². The number of rotatable bonds is 8. The number of sulfonamides is 1. The Morgan fingerprint density at radius 1 is 0.963 bits per heavy atom. The van der Waals surface area contributed by atoms with Gasteiger partial charge in [-0.3, -0.25) is 13.9 Å². The molecule has 144 valence electrons. The van der Waals surface area contributed by atoms with E-state index in [9.17, 15) is 18.0 Å². The van der Waals surface area contributed by atoms with Crippen LogP contribution in [0.4, 0.5) is 11.4 Å². The molecule has 0 radical (unpaired) electrons. The smallest absolute Gasteiger partial charge is 0.232 e. The fraction of sp³-hybridized carbons (Fsp3) is 0.300. The van der Waals surface area contributed by atoms with E-state index in [1.807, 2.05) is 37.3 Å². The standard InChI is InChI=1S/C20H24N2O4S/c1-4-21(18-10-6-5-7-11-18)20(24)13-14-22(27(3,25)26)19-12-8-9-17(15-19)16(2)23/h5-12,15H,4,13-14H2,1-3H3. The molecule has 0 aromatic heterocycles. The second kappa shape index (κ2) is 8.81. The summed E-state index contributed by atoms with van der Waals surface area (Å²) in [5, 5.41) is 0. The van der Waals surface area contributed by atoms with Crippen molar-refractivity contribution in [2.24, 2.45) is 0 Å². The number of para-hydroxylation sites is 1. The topological polar surface area (TPSA) is 74.8 Å². The van der Waals surface area contributed by atoms with Crippen molar-refractivity contribution >= 4 is 33.1 Å². The predicted molar refractivity (Wildman–Crippen MR) is 108 cm³/mol. The molecule has 0 fully saturated rings. The molecule has 0 saturated carbocycles. The Labute approximate surface area is 160 Å². The molecule has 2 rings (SSSR count). The Morgan fingerprint density at radius 2 is 1.59 bits per heavy atom. The third-order valence-corrected chi connectivity index (χ3v) is 5.35. The maximum atomic E-state index is 12.7. The van der Waals surface area contributed by atoms with E-state index in [0.717, 1.165) is 16.2 Å². The molecular weight excluding hydrogens is 364 g/mol. The van der Waals surface area contributed by atoms with E-state index in [1.165, 1.54) is 13.0 Å². The predicted octanol–water partition coefficient (Wildman–Crippen LogP) is 3.10. The van der Waals surface area contributed by atoms with Crippen molar-refractivity contribution in [3.05, 3.63) is 60.2 Å². The molecule has 0 saturated heterocycles. The van der Waals surface area contributed by atoms with Crippen LogP contribution < -0.4 is 9.21 Å². The molecule has 6 nitrogen and oxygen atoms in total. The van der Waals surface area contributed by atoms with Gasteiger partial charge in [-0.2, -0.15) is 0 Å². The molecule has 0 N–H and O–H groups in total. The van der Waals surface area contributed by atoms with Crippen molar-refractivity contribution in [1.82, 2.24) is 0 Å². The lowest BCUT2D eigenvalue weighted by Crippen LogP contribution is -2.37. The van der Waals surface area contributed by atoms with E-state index in [4.69, 9.17) is 0 Å². The van der Waals surface area contributed by atoms with Gasteiger partial charge in [0.25, 0.3) is 0 Å². The summed E-state index contributed by atoms with van der Waals surface area (Å²) in [6.07, 6.45) is 1.12. The van der Waals surface area contributed by atoms with Crippen molar-refractivity contribution in [2.45, 2.75) is 20.3 Å². The Hall–Kier alpha value is -2.67. The molecule has 0 heterocycles. The molecule has 1 amide bonds. The van der Waals surface area contributed by atoms with Crippen LogP contribution in [0.25, 0.3) is 0 Å². The van der Waals surface area contributed by atoms with Gasteiger partial charge in [-0.1, -0.05) is 30.3 Å². The highest BCUT2D eigenvalue weighted by Crippen LogP contribution is 2.21. The van der Waals surface area contributed by atoms with Gasteiger partial charge in [0.15, 0.2) is 5.78 Å². The Bertz CT molecular complexity index is 911. The molecule has 0 aliphatic carbocycles. The lowest BCUT2D eigenvalue weighted by Gasteiger charge is -2.25. The van der Waals surface area contributed by atoms with E-state index in [2.05, 4.69) is 0 Å². The van der Waals surface area contributed by atoms with Crippen molar-refractivity contribution in [1.29, 1.82) is 0 Å². The van der Waals surface area contributed by atoms with Gasteiger partial charge in [0.2, 0.25) is 15.9 Å². The van der Waals surface area contributed by atoms with Gasteiger partial charge in [-0.25, -0.2) is 8.42 Å². The number of amides is 1. The molecule has 2 aromatic rings. The first-order chi connectivity index (χ1) is 12.7. The van der Waals surface area contributed by atoms with Crippen LogP contribution in [0.3, 0.4) is 0 Å². The van der Waals surface area contributed by atoms with Crippen molar-refractivity contribution in [2.75, 3.05) is 28.6 Å². The lowest BCUT2D eigenvalue weighted by atomic mass is 10.1. The summed E-state index contributed by atoms with van der Waals surface area (Å²) in [6, 6.07) is 15.7. The van der Waals surface area contributed by atoms with Gasteiger partial charge in [-0.15, -0.1) is 0 Å². The first-order valence-corrected chi connectivity index (χ1v) is 10.5. The molecular formula is C20H24N2O4S. The van der Waals surface area contributed by atoms with Crippen molar-refractivity contribution in [3.63, 3.8) is 0 Å². The van der Waals surface area contributed by atoms with Crippen LogP contribution in [0.15, 0.2) is 54.6 Å². The highest BCUT2D eigenvalue weighted by Gasteiger charge is 2.21. The molecule has 0 aliphatic heterocycles.